The van der Waals surface area contributed by atoms with Crippen molar-refractivity contribution in [3.63, 3.8) is 0 Å². The maximum atomic E-state index is 10.7. The lowest BCUT2D eigenvalue weighted by Gasteiger charge is -2.12. The van der Waals surface area contributed by atoms with Crippen molar-refractivity contribution in [2.75, 3.05) is 0 Å². The van der Waals surface area contributed by atoms with Crippen LogP contribution in [-0.4, -0.2) is 17.2 Å². The van der Waals surface area contributed by atoms with Crippen molar-refractivity contribution < 1.29 is 14.6 Å². The number of rotatable bonds is 4. The van der Waals surface area contributed by atoms with Crippen LogP contribution in [0.3, 0.4) is 0 Å². The number of carbonyl (C=O) groups is 1. The van der Waals surface area contributed by atoms with Crippen molar-refractivity contribution in [1.82, 2.24) is 0 Å². The van der Waals surface area contributed by atoms with E-state index < -0.39 is 12.1 Å². The Morgan fingerprint density at radius 1 is 1.64 bits per heavy atom. The highest BCUT2D eigenvalue weighted by Gasteiger charge is 2.16. The first-order valence-corrected chi connectivity index (χ1v) is 5.36. The molecule has 4 heteroatoms. The van der Waals surface area contributed by atoms with Gasteiger partial charge >= 0.3 is 5.97 Å². The van der Waals surface area contributed by atoms with Gasteiger partial charge in [-0.15, -0.1) is 0 Å². The van der Waals surface area contributed by atoms with Gasteiger partial charge in [0.2, 0.25) is 0 Å². The fraction of sp³-hybridized carbons (Fsp3) is 0.300. The van der Waals surface area contributed by atoms with Crippen LogP contribution < -0.4 is 4.74 Å². The predicted molar refractivity (Wildman–Crippen MR) is 61.5 cm³/mol. The number of benzene rings is 1. The monoisotopic (exact) mass is 306 g/mol. The minimum Gasteiger partial charge on any atom is -0.479 e. The summed E-state index contributed by atoms with van der Waals surface area (Å²) < 4.78 is 6.33. The highest BCUT2D eigenvalue weighted by molar-refractivity contribution is 14.1. The third-order valence-electron chi connectivity index (χ3n) is 1.72. The minimum absolute atomic E-state index is 0.459. The average Bonchev–Trinajstić information content (AvgIpc) is 2.14. The lowest BCUT2D eigenvalue weighted by Crippen LogP contribution is -2.25. The third kappa shape index (κ3) is 3.17. The van der Waals surface area contributed by atoms with Crippen LogP contribution in [-0.2, 0) is 4.79 Å². The molecule has 0 amide bonds. The summed E-state index contributed by atoms with van der Waals surface area (Å²) in [5.41, 5.74) is 0. The van der Waals surface area contributed by atoms with Crippen LogP contribution in [0.1, 0.15) is 13.3 Å². The Hall–Kier alpha value is -0.780. The fourth-order valence-corrected chi connectivity index (χ4v) is 1.53. The van der Waals surface area contributed by atoms with E-state index in [9.17, 15) is 4.79 Å². The second kappa shape index (κ2) is 5.19. The van der Waals surface area contributed by atoms with E-state index in [1.165, 1.54) is 0 Å². The molecule has 0 aromatic heterocycles. The van der Waals surface area contributed by atoms with Crippen LogP contribution in [0.2, 0.25) is 0 Å². The van der Waals surface area contributed by atoms with E-state index >= 15 is 0 Å². The number of carboxylic acid groups (broad SMARTS) is 1. The standard InChI is InChI=1S/C10H11IO3/c1-2-9(10(12)13)14-8-5-3-4-7(11)6-8/h3-6,9H,2H2,1H3,(H,12,13). The molecule has 1 N–H and O–H groups in total. The summed E-state index contributed by atoms with van der Waals surface area (Å²) in [6, 6.07) is 7.33. The van der Waals surface area contributed by atoms with Crippen LogP contribution in [0.25, 0.3) is 0 Å². The second-order valence-corrected chi connectivity index (χ2v) is 4.06. The molecule has 1 rings (SSSR count). The first kappa shape index (κ1) is 11.3. The molecular weight excluding hydrogens is 295 g/mol. The number of aliphatic carboxylic acids is 1. The van der Waals surface area contributed by atoms with Crippen molar-refractivity contribution >= 4 is 28.6 Å². The number of hydrogen-bond donors (Lipinski definition) is 1. The van der Waals surface area contributed by atoms with Gasteiger partial charge in [-0.25, -0.2) is 4.79 Å². The highest BCUT2D eigenvalue weighted by atomic mass is 127. The van der Waals surface area contributed by atoms with Gasteiger partial charge in [0.15, 0.2) is 6.10 Å². The molecule has 1 aromatic rings. The fourth-order valence-electron chi connectivity index (χ4n) is 1.01. The van der Waals surface area contributed by atoms with Gasteiger partial charge in [0.05, 0.1) is 0 Å². The van der Waals surface area contributed by atoms with E-state index in [1.54, 1.807) is 13.0 Å². The molecule has 0 aliphatic rings. The molecule has 3 nitrogen and oxygen atoms in total. The summed E-state index contributed by atoms with van der Waals surface area (Å²) in [7, 11) is 0. The van der Waals surface area contributed by atoms with Gasteiger partial charge in [0.1, 0.15) is 5.75 Å². The number of carboxylic acids is 1. The van der Waals surface area contributed by atoms with E-state index in [1.807, 2.05) is 18.2 Å². The summed E-state index contributed by atoms with van der Waals surface area (Å²) >= 11 is 2.15. The maximum absolute atomic E-state index is 10.7. The zero-order chi connectivity index (χ0) is 10.6. The van der Waals surface area contributed by atoms with Crippen molar-refractivity contribution in [3.8, 4) is 5.75 Å². The van der Waals surface area contributed by atoms with Gasteiger partial charge < -0.3 is 9.84 Å². The molecule has 0 aliphatic carbocycles. The molecule has 76 valence electrons. The molecular formula is C10H11IO3. The van der Waals surface area contributed by atoms with Gasteiger partial charge in [0.25, 0.3) is 0 Å². The third-order valence-corrected chi connectivity index (χ3v) is 2.39. The lowest BCUT2D eigenvalue weighted by atomic mass is 10.3. The summed E-state index contributed by atoms with van der Waals surface area (Å²) in [5, 5.41) is 8.78. The van der Waals surface area contributed by atoms with E-state index in [0.29, 0.717) is 12.2 Å². The molecule has 0 fully saturated rings. The minimum atomic E-state index is -0.925. The highest BCUT2D eigenvalue weighted by Crippen LogP contribution is 2.17. The summed E-state index contributed by atoms with van der Waals surface area (Å²) in [6.07, 6.45) is -0.297. The van der Waals surface area contributed by atoms with Crippen molar-refractivity contribution in [3.05, 3.63) is 27.8 Å². The van der Waals surface area contributed by atoms with Gasteiger partial charge in [-0.2, -0.15) is 0 Å². The van der Waals surface area contributed by atoms with Crippen LogP contribution in [0, 0.1) is 3.57 Å². The van der Waals surface area contributed by atoms with E-state index in [0.717, 1.165) is 3.57 Å². The SMILES string of the molecule is CCC(Oc1cccc(I)c1)C(=O)O. The Balaban J connectivity index is 2.72. The van der Waals surface area contributed by atoms with Crippen molar-refractivity contribution in [2.24, 2.45) is 0 Å². The molecule has 1 unspecified atom stereocenters. The Labute approximate surface area is 96.2 Å². The Morgan fingerprint density at radius 2 is 2.36 bits per heavy atom. The van der Waals surface area contributed by atoms with Crippen molar-refractivity contribution in [1.29, 1.82) is 0 Å². The first-order chi connectivity index (χ1) is 6.63. The van der Waals surface area contributed by atoms with Crippen LogP contribution >= 0.6 is 22.6 Å². The van der Waals surface area contributed by atoms with E-state index in [2.05, 4.69) is 22.6 Å². The van der Waals surface area contributed by atoms with Gasteiger partial charge in [-0.3, -0.25) is 0 Å². The molecule has 14 heavy (non-hydrogen) atoms. The molecule has 1 atom stereocenters. The summed E-state index contributed by atoms with van der Waals surface area (Å²) in [5.74, 6) is -0.322. The summed E-state index contributed by atoms with van der Waals surface area (Å²) in [6.45, 7) is 1.78. The van der Waals surface area contributed by atoms with Crippen LogP contribution in [0.5, 0.6) is 5.75 Å². The number of halogens is 1. The zero-order valence-corrected chi connectivity index (χ0v) is 9.89. The topological polar surface area (TPSA) is 46.5 Å². The largest absolute Gasteiger partial charge is 0.479 e. The van der Waals surface area contributed by atoms with E-state index in [-0.39, 0.29) is 0 Å². The molecule has 0 saturated carbocycles. The maximum Gasteiger partial charge on any atom is 0.344 e. The van der Waals surface area contributed by atoms with Crippen LogP contribution in [0.15, 0.2) is 24.3 Å². The van der Waals surface area contributed by atoms with Gasteiger partial charge in [0, 0.05) is 3.57 Å². The quantitative estimate of drug-likeness (QED) is 0.870. The predicted octanol–water partition coefficient (Wildman–Crippen LogP) is 2.53. The molecule has 0 saturated heterocycles. The Bertz CT molecular complexity index is 325. The second-order valence-electron chi connectivity index (χ2n) is 2.81. The first-order valence-electron chi connectivity index (χ1n) is 4.28. The molecule has 0 heterocycles. The Morgan fingerprint density at radius 3 is 2.86 bits per heavy atom. The molecule has 0 radical (unpaired) electrons. The lowest BCUT2D eigenvalue weighted by molar-refractivity contribution is -0.145. The van der Waals surface area contributed by atoms with Gasteiger partial charge in [-0.05, 0) is 47.2 Å². The normalized spacial score (nSPS) is 12.1. The number of ether oxygens (including phenoxy) is 1. The Kier molecular flexibility index (Phi) is 4.19. The van der Waals surface area contributed by atoms with E-state index in [4.69, 9.17) is 9.84 Å². The molecule has 1 aromatic carbocycles. The number of hydrogen-bond acceptors (Lipinski definition) is 2. The van der Waals surface area contributed by atoms with Crippen LogP contribution in [0.4, 0.5) is 0 Å². The molecule has 0 bridgehead atoms. The van der Waals surface area contributed by atoms with Crippen molar-refractivity contribution in [2.45, 2.75) is 19.4 Å². The van der Waals surface area contributed by atoms with Gasteiger partial charge in [-0.1, -0.05) is 13.0 Å². The average molecular weight is 306 g/mol. The molecule has 0 aliphatic heterocycles. The molecule has 0 spiro atoms. The zero-order valence-electron chi connectivity index (χ0n) is 7.74. The summed E-state index contributed by atoms with van der Waals surface area (Å²) in [4.78, 5) is 10.7. The smallest absolute Gasteiger partial charge is 0.344 e.